The number of anilines is 1. The molecule has 0 radical (unpaired) electrons. The molecule has 0 aliphatic carbocycles. The molecule has 9 heteroatoms. The van der Waals surface area contributed by atoms with Gasteiger partial charge < -0.3 is 10.6 Å². The SMILES string of the molecule is CCN(CC)S(=O)(=O)c1ccc2c(c1)CCN2C(=O)c1csc(CN)n1. The lowest BCUT2D eigenvalue weighted by Gasteiger charge is -2.20. The summed E-state index contributed by atoms with van der Waals surface area (Å²) in [5, 5.41) is 2.43. The first kappa shape index (κ1) is 19.0. The van der Waals surface area contributed by atoms with Crippen molar-refractivity contribution in [3.8, 4) is 0 Å². The van der Waals surface area contributed by atoms with Crippen LogP contribution in [0.25, 0.3) is 0 Å². The van der Waals surface area contributed by atoms with Crippen molar-refractivity contribution in [1.82, 2.24) is 9.29 Å². The van der Waals surface area contributed by atoms with Crippen LogP contribution in [0.15, 0.2) is 28.5 Å². The van der Waals surface area contributed by atoms with E-state index in [0.717, 1.165) is 11.3 Å². The van der Waals surface area contributed by atoms with Crippen molar-refractivity contribution in [3.05, 3.63) is 39.8 Å². The monoisotopic (exact) mass is 394 g/mol. The fourth-order valence-electron chi connectivity index (χ4n) is 3.10. The number of hydrogen-bond acceptors (Lipinski definition) is 6. The van der Waals surface area contributed by atoms with Crippen LogP contribution >= 0.6 is 11.3 Å². The topological polar surface area (TPSA) is 96.6 Å². The average molecular weight is 395 g/mol. The van der Waals surface area contributed by atoms with Crippen molar-refractivity contribution in [2.24, 2.45) is 5.73 Å². The van der Waals surface area contributed by atoms with E-state index >= 15 is 0 Å². The third kappa shape index (κ3) is 3.27. The van der Waals surface area contributed by atoms with Gasteiger partial charge in [0.25, 0.3) is 5.91 Å². The van der Waals surface area contributed by atoms with Gasteiger partial charge in [-0.15, -0.1) is 11.3 Å². The van der Waals surface area contributed by atoms with Crippen molar-refractivity contribution in [1.29, 1.82) is 0 Å². The molecular weight excluding hydrogens is 372 g/mol. The van der Waals surface area contributed by atoms with Crippen molar-refractivity contribution >= 4 is 33.0 Å². The van der Waals surface area contributed by atoms with Crippen molar-refractivity contribution in [3.63, 3.8) is 0 Å². The predicted octanol–water partition coefficient (Wildman–Crippen LogP) is 1.84. The van der Waals surface area contributed by atoms with E-state index in [2.05, 4.69) is 4.98 Å². The highest BCUT2D eigenvalue weighted by molar-refractivity contribution is 7.89. The zero-order valence-electron chi connectivity index (χ0n) is 14.8. The van der Waals surface area contributed by atoms with E-state index in [9.17, 15) is 13.2 Å². The van der Waals surface area contributed by atoms with Crippen LogP contribution in [0.5, 0.6) is 0 Å². The quantitative estimate of drug-likeness (QED) is 0.806. The fourth-order valence-corrected chi connectivity index (χ4v) is 5.26. The lowest BCUT2D eigenvalue weighted by Crippen LogP contribution is -2.31. The lowest BCUT2D eigenvalue weighted by atomic mass is 10.2. The molecule has 0 fully saturated rings. The molecule has 0 unspecified atom stereocenters. The minimum absolute atomic E-state index is 0.181. The summed E-state index contributed by atoms with van der Waals surface area (Å²) in [5.74, 6) is -0.181. The average Bonchev–Trinajstić information content (AvgIpc) is 3.28. The molecule has 0 saturated heterocycles. The second-order valence-corrected chi connectivity index (χ2v) is 8.80. The highest BCUT2D eigenvalue weighted by Gasteiger charge is 2.29. The maximum Gasteiger partial charge on any atom is 0.277 e. The Bertz CT molecular complexity index is 920. The Balaban J connectivity index is 1.90. The number of carbonyl (C=O) groups is 1. The highest BCUT2D eigenvalue weighted by atomic mass is 32.2. The number of hydrogen-bond donors (Lipinski definition) is 1. The van der Waals surface area contributed by atoms with Gasteiger partial charge in [0.05, 0.1) is 4.90 Å². The van der Waals surface area contributed by atoms with Crippen LogP contribution in [-0.4, -0.2) is 43.2 Å². The van der Waals surface area contributed by atoms with E-state index in [1.165, 1.54) is 15.6 Å². The largest absolute Gasteiger partial charge is 0.325 e. The number of fused-ring (bicyclic) bond motifs is 1. The Morgan fingerprint density at radius 1 is 1.35 bits per heavy atom. The molecule has 3 rings (SSSR count). The number of carbonyl (C=O) groups excluding carboxylic acids is 1. The summed E-state index contributed by atoms with van der Waals surface area (Å²) in [6.45, 7) is 5.30. The van der Waals surface area contributed by atoms with Crippen LogP contribution in [0.3, 0.4) is 0 Å². The summed E-state index contributed by atoms with van der Waals surface area (Å²) in [7, 11) is -3.51. The highest BCUT2D eigenvalue weighted by Crippen LogP contribution is 2.32. The maximum atomic E-state index is 12.7. The fraction of sp³-hybridized carbons (Fsp3) is 0.412. The third-order valence-corrected chi connectivity index (χ3v) is 7.40. The summed E-state index contributed by atoms with van der Waals surface area (Å²) in [5.41, 5.74) is 7.55. The number of thiazole rings is 1. The number of sulfonamides is 1. The van der Waals surface area contributed by atoms with Crippen LogP contribution < -0.4 is 10.6 Å². The standard InChI is InChI=1S/C17H22N4O3S2/c1-3-20(4-2)26(23,24)13-5-6-15-12(9-13)7-8-21(15)17(22)14-11-25-16(10-18)19-14/h5-6,9,11H,3-4,7-8,10,18H2,1-2H3. The Kier molecular flexibility index (Phi) is 5.42. The minimum Gasteiger partial charge on any atom is -0.325 e. The van der Waals surface area contributed by atoms with Crippen LogP contribution in [-0.2, 0) is 23.0 Å². The van der Waals surface area contributed by atoms with Crippen LogP contribution in [0.2, 0.25) is 0 Å². The first-order chi connectivity index (χ1) is 12.4. The Hall–Kier alpha value is -1.81. The molecule has 1 amide bonds. The first-order valence-electron chi connectivity index (χ1n) is 8.51. The van der Waals surface area contributed by atoms with Crippen LogP contribution in [0.4, 0.5) is 5.69 Å². The zero-order chi connectivity index (χ0) is 18.9. The molecule has 140 valence electrons. The van der Waals surface area contributed by atoms with E-state index in [1.54, 1.807) is 28.5 Å². The summed E-state index contributed by atoms with van der Waals surface area (Å²) in [4.78, 5) is 18.9. The van der Waals surface area contributed by atoms with Crippen LogP contribution in [0.1, 0.15) is 34.9 Å². The number of nitrogens with two attached hydrogens (primary N) is 1. The molecule has 2 heterocycles. The normalized spacial score (nSPS) is 14.1. The molecule has 1 aromatic heterocycles. The molecule has 26 heavy (non-hydrogen) atoms. The summed E-state index contributed by atoms with van der Waals surface area (Å²) < 4.78 is 26.8. The second-order valence-electron chi connectivity index (χ2n) is 5.92. The van der Waals surface area contributed by atoms with E-state index in [4.69, 9.17) is 5.73 Å². The molecular formula is C17H22N4O3S2. The Labute approximate surface area is 157 Å². The Morgan fingerprint density at radius 2 is 2.08 bits per heavy atom. The number of amides is 1. The Morgan fingerprint density at radius 3 is 2.69 bits per heavy atom. The van der Waals surface area contributed by atoms with Crippen molar-refractivity contribution in [2.45, 2.75) is 31.7 Å². The number of aromatic nitrogens is 1. The molecule has 1 aliphatic heterocycles. The van der Waals surface area contributed by atoms with Gasteiger partial charge in [0.2, 0.25) is 10.0 Å². The van der Waals surface area contributed by atoms with E-state index in [0.29, 0.717) is 43.3 Å². The van der Waals surface area contributed by atoms with Crippen molar-refractivity contribution in [2.75, 3.05) is 24.5 Å². The van der Waals surface area contributed by atoms with Gasteiger partial charge in [-0.3, -0.25) is 4.79 Å². The van der Waals surface area contributed by atoms with Gasteiger partial charge in [0.15, 0.2) is 0 Å². The summed E-state index contributed by atoms with van der Waals surface area (Å²) in [6.07, 6.45) is 0.622. The molecule has 1 aliphatic rings. The van der Waals surface area contributed by atoms with Gasteiger partial charge in [-0.05, 0) is 30.2 Å². The molecule has 0 saturated carbocycles. The lowest BCUT2D eigenvalue weighted by molar-refractivity contribution is 0.0985. The van der Waals surface area contributed by atoms with E-state index in [1.807, 2.05) is 13.8 Å². The molecule has 0 spiro atoms. The molecule has 2 aromatic rings. The van der Waals surface area contributed by atoms with Gasteiger partial charge in [-0.1, -0.05) is 13.8 Å². The molecule has 1 aromatic carbocycles. The van der Waals surface area contributed by atoms with Gasteiger partial charge in [0, 0.05) is 37.2 Å². The third-order valence-electron chi connectivity index (χ3n) is 4.48. The van der Waals surface area contributed by atoms with Crippen molar-refractivity contribution < 1.29 is 13.2 Å². The second kappa shape index (κ2) is 7.43. The molecule has 0 bridgehead atoms. The maximum absolute atomic E-state index is 12.7. The number of nitrogens with zero attached hydrogens (tertiary/aromatic N) is 3. The summed E-state index contributed by atoms with van der Waals surface area (Å²) >= 11 is 1.36. The van der Waals surface area contributed by atoms with E-state index in [-0.39, 0.29) is 10.8 Å². The number of rotatable bonds is 6. The van der Waals surface area contributed by atoms with Gasteiger partial charge in [-0.25, -0.2) is 13.4 Å². The molecule has 2 N–H and O–H groups in total. The zero-order valence-corrected chi connectivity index (χ0v) is 16.4. The minimum atomic E-state index is -3.51. The van der Waals surface area contributed by atoms with Gasteiger partial charge in [-0.2, -0.15) is 4.31 Å². The molecule has 0 atom stereocenters. The van der Waals surface area contributed by atoms with Crippen LogP contribution in [0, 0.1) is 0 Å². The van der Waals surface area contributed by atoms with E-state index < -0.39 is 10.0 Å². The summed E-state index contributed by atoms with van der Waals surface area (Å²) in [6, 6.07) is 4.97. The predicted molar refractivity (Wildman–Crippen MR) is 102 cm³/mol. The number of benzene rings is 1. The first-order valence-corrected chi connectivity index (χ1v) is 10.8. The van der Waals surface area contributed by atoms with Gasteiger partial charge >= 0.3 is 0 Å². The smallest absolute Gasteiger partial charge is 0.277 e. The molecule has 7 nitrogen and oxygen atoms in total. The van der Waals surface area contributed by atoms with Gasteiger partial charge in [0.1, 0.15) is 10.7 Å².